The van der Waals surface area contributed by atoms with E-state index in [9.17, 15) is 9.59 Å². The van der Waals surface area contributed by atoms with Crippen molar-refractivity contribution < 1.29 is 19.1 Å². The molecule has 0 aromatic heterocycles. The number of benzene rings is 4. The molecule has 0 saturated carbocycles. The second kappa shape index (κ2) is 11.5. The van der Waals surface area contributed by atoms with Crippen LogP contribution >= 0.6 is 0 Å². The van der Waals surface area contributed by atoms with Crippen LogP contribution in [0, 0.1) is 0 Å². The van der Waals surface area contributed by atoms with Crippen LogP contribution in [-0.2, 0) is 9.53 Å². The van der Waals surface area contributed by atoms with Crippen LogP contribution in [0.5, 0.6) is 5.75 Å². The average molecular weight is 452 g/mol. The van der Waals surface area contributed by atoms with Crippen molar-refractivity contribution in [2.45, 2.75) is 12.8 Å². The lowest BCUT2D eigenvalue weighted by atomic mass is 10.2. The molecule has 0 bridgehead atoms. The van der Waals surface area contributed by atoms with Crippen molar-refractivity contribution in [1.82, 2.24) is 0 Å². The standard InChI is InChI=1S/C29H25NO4/c31-28(17-10-22-33-29(32)23-11-4-1-5-12-23)34-27-20-18-26(19-21-27)30(24-13-6-2-7-14-24)25-15-8-3-9-16-25/h1-9,11-16,18-21H,10,17,22H2. The Bertz CT molecular complexity index is 1150. The zero-order chi connectivity index (χ0) is 23.6. The monoisotopic (exact) mass is 451 g/mol. The Morgan fingerprint density at radius 1 is 0.618 bits per heavy atom. The second-order valence-electron chi connectivity index (χ2n) is 7.58. The number of carbonyl (C=O) groups is 2. The molecule has 0 radical (unpaired) electrons. The van der Waals surface area contributed by atoms with Gasteiger partial charge in [0.15, 0.2) is 0 Å². The van der Waals surface area contributed by atoms with Gasteiger partial charge < -0.3 is 14.4 Å². The van der Waals surface area contributed by atoms with E-state index in [0.717, 1.165) is 17.1 Å². The maximum absolute atomic E-state index is 12.2. The highest BCUT2D eigenvalue weighted by molar-refractivity contribution is 5.89. The van der Waals surface area contributed by atoms with Gasteiger partial charge in [0.05, 0.1) is 12.2 Å². The summed E-state index contributed by atoms with van der Waals surface area (Å²) in [5, 5.41) is 0. The van der Waals surface area contributed by atoms with E-state index in [2.05, 4.69) is 4.90 Å². The van der Waals surface area contributed by atoms with Gasteiger partial charge in [-0.25, -0.2) is 4.79 Å². The van der Waals surface area contributed by atoms with E-state index in [1.54, 1.807) is 36.4 Å². The van der Waals surface area contributed by atoms with Crippen molar-refractivity contribution >= 4 is 29.0 Å². The SMILES string of the molecule is O=C(CCCOC(=O)c1ccccc1)Oc1ccc(N(c2ccccc2)c2ccccc2)cc1. The summed E-state index contributed by atoms with van der Waals surface area (Å²) >= 11 is 0. The summed E-state index contributed by atoms with van der Waals surface area (Å²) in [4.78, 5) is 26.3. The van der Waals surface area contributed by atoms with E-state index in [0.29, 0.717) is 17.7 Å². The van der Waals surface area contributed by atoms with Crippen molar-refractivity contribution in [3.8, 4) is 5.75 Å². The Hall–Kier alpha value is -4.38. The van der Waals surface area contributed by atoms with E-state index in [1.807, 2.05) is 78.9 Å². The van der Waals surface area contributed by atoms with Crippen LogP contribution in [0.15, 0.2) is 115 Å². The lowest BCUT2D eigenvalue weighted by Crippen LogP contribution is -2.12. The molecule has 0 saturated heterocycles. The number of esters is 2. The van der Waals surface area contributed by atoms with Crippen LogP contribution in [0.2, 0.25) is 0 Å². The molecule has 0 amide bonds. The molecule has 0 unspecified atom stereocenters. The van der Waals surface area contributed by atoms with E-state index in [1.165, 1.54) is 0 Å². The van der Waals surface area contributed by atoms with Crippen LogP contribution in [0.1, 0.15) is 23.2 Å². The van der Waals surface area contributed by atoms with E-state index < -0.39 is 5.97 Å². The molecular weight excluding hydrogens is 426 g/mol. The van der Waals surface area contributed by atoms with E-state index in [-0.39, 0.29) is 19.0 Å². The Balaban J connectivity index is 1.33. The van der Waals surface area contributed by atoms with Crippen LogP contribution in [0.3, 0.4) is 0 Å². The third kappa shape index (κ3) is 6.11. The molecule has 0 aliphatic rings. The molecule has 5 nitrogen and oxygen atoms in total. The van der Waals surface area contributed by atoms with Crippen LogP contribution in [0.25, 0.3) is 0 Å². The van der Waals surface area contributed by atoms with Gasteiger partial charge in [0.1, 0.15) is 5.75 Å². The minimum atomic E-state index is -0.397. The minimum absolute atomic E-state index is 0.157. The molecule has 0 atom stereocenters. The van der Waals surface area contributed by atoms with Gasteiger partial charge in [0, 0.05) is 23.5 Å². The number of rotatable bonds is 9. The summed E-state index contributed by atoms with van der Waals surface area (Å²) in [6.07, 6.45) is 0.551. The van der Waals surface area contributed by atoms with Crippen molar-refractivity contribution in [2.24, 2.45) is 0 Å². The first-order valence-electron chi connectivity index (χ1n) is 11.1. The lowest BCUT2D eigenvalue weighted by molar-refractivity contribution is -0.134. The Morgan fingerprint density at radius 2 is 1.12 bits per heavy atom. The molecule has 0 aliphatic heterocycles. The number of ether oxygens (including phenoxy) is 2. The number of carbonyl (C=O) groups excluding carboxylic acids is 2. The average Bonchev–Trinajstić information content (AvgIpc) is 2.89. The summed E-state index contributed by atoms with van der Waals surface area (Å²) in [7, 11) is 0. The summed E-state index contributed by atoms with van der Waals surface area (Å²) in [5.74, 6) is -0.298. The topological polar surface area (TPSA) is 55.8 Å². The third-order valence-corrected chi connectivity index (χ3v) is 5.12. The molecule has 4 aromatic rings. The molecule has 5 heteroatoms. The van der Waals surface area contributed by atoms with Crippen molar-refractivity contribution in [1.29, 1.82) is 0 Å². The number of para-hydroxylation sites is 2. The molecule has 0 fully saturated rings. The first-order chi connectivity index (χ1) is 16.7. The molecule has 4 rings (SSSR count). The molecule has 0 aliphatic carbocycles. The summed E-state index contributed by atoms with van der Waals surface area (Å²) in [5.41, 5.74) is 3.50. The summed E-state index contributed by atoms with van der Waals surface area (Å²) in [6.45, 7) is 0.158. The third-order valence-electron chi connectivity index (χ3n) is 5.12. The fraction of sp³-hybridized carbons (Fsp3) is 0.103. The first-order valence-corrected chi connectivity index (χ1v) is 11.1. The first kappa shape index (κ1) is 22.8. The highest BCUT2D eigenvalue weighted by Gasteiger charge is 2.13. The molecule has 34 heavy (non-hydrogen) atoms. The predicted octanol–water partition coefficient (Wildman–Crippen LogP) is 6.70. The van der Waals surface area contributed by atoms with Gasteiger partial charge in [0.25, 0.3) is 0 Å². The maximum atomic E-state index is 12.2. The highest BCUT2D eigenvalue weighted by Crippen LogP contribution is 2.34. The highest BCUT2D eigenvalue weighted by atomic mass is 16.5. The largest absolute Gasteiger partial charge is 0.462 e. The van der Waals surface area contributed by atoms with Gasteiger partial charge in [-0.3, -0.25) is 4.79 Å². The van der Waals surface area contributed by atoms with Gasteiger partial charge in [-0.05, 0) is 67.1 Å². The zero-order valence-corrected chi connectivity index (χ0v) is 18.7. The normalized spacial score (nSPS) is 10.4. The lowest BCUT2D eigenvalue weighted by Gasteiger charge is -2.25. The van der Waals surface area contributed by atoms with Crippen molar-refractivity contribution in [3.05, 3.63) is 121 Å². The number of hydrogen-bond donors (Lipinski definition) is 0. The number of anilines is 3. The number of hydrogen-bond acceptors (Lipinski definition) is 5. The molecule has 0 heterocycles. The second-order valence-corrected chi connectivity index (χ2v) is 7.58. The van der Waals surface area contributed by atoms with E-state index in [4.69, 9.17) is 9.47 Å². The van der Waals surface area contributed by atoms with Crippen LogP contribution in [-0.4, -0.2) is 18.5 Å². The van der Waals surface area contributed by atoms with Gasteiger partial charge in [-0.15, -0.1) is 0 Å². The molecule has 4 aromatic carbocycles. The smallest absolute Gasteiger partial charge is 0.338 e. The Morgan fingerprint density at radius 3 is 1.68 bits per heavy atom. The van der Waals surface area contributed by atoms with Crippen LogP contribution in [0.4, 0.5) is 17.1 Å². The Labute approximate surface area is 199 Å². The number of nitrogens with zero attached hydrogens (tertiary/aromatic N) is 1. The molecule has 0 N–H and O–H groups in total. The zero-order valence-electron chi connectivity index (χ0n) is 18.7. The van der Waals surface area contributed by atoms with Crippen molar-refractivity contribution in [3.63, 3.8) is 0 Å². The maximum Gasteiger partial charge on any atom is 0.338 e. The van der Waals surface area contributed by atoms with Gasteiger partial charge in [-0.2, -0.15) is 0 Å². The minimum Gasteiger partial charge on any atom is -0.462 e. The van der Waals surface area contributed by atoms with Gasteiger partial charge >= 0.3 is 11.9 Å². The fourth-order valence-electron chi connectivity index (χ4n) is 3.49. The molecule has 170 valence electrons. The summed E-state index contributed by atoms with van der Waals surface area (Å²) in [6, 6.07) is 36.3. The quantitative estimate of drug-likeness (QED) is 0.161. The van der Waals surface area contributed by atoms with Crippen molar-refractivity contribution in [2.75, 3.05) is 11.5 Å². The van der Waals surface area contributed by atoms with Gasteiger partial charge in [0.2, 0.25) is 0 Å². The molecule has 0 spiro atoms. The summed E-state index contributed by atoms with van der Waals surface area (Å²) < 4.78 is 10.7. The fourth-order valence-corrected chi connectivity index (χ4v) is 3.49. The van der Waals surface area contributed by atoms with E-state index >= 15 is 0 Å². The predicted molar refractivity (Wildman–Crippen MR) is 133 cm³/mol. The van der Waals surface area contributed by atoms with Gasteiger partial charge in [-0.1, -0.05) is 54.6 Å². The molecular formula is C29H25NO4. The Kier molecular flexibility index (Phi) is 7.70. The van der Waals surface area contributed by atoms with Crippen LogP contribution < -0.4 is 9.64 Å².